The van der Waals surface area contributed by atoms with E-state index in [2.05, 4.69) is 45.7 Å². The molecular weight excluding hydrogens is 430 g/mol. The van der Waals surface area contributed by atoms with Crippen molar-refractivity contribution in [3.8, 4) is 17.1 Å². The molecule has 0 N–H and O–H groups in total. The number of para-hydroxylation sites is 1. The molecular formula is C26H27N5OS. The number of amides is 1. The summed E-state index contributed by atoms with van der Waals surface area (Å²) < 4.78 is 2.05. The Bertz CT molecular complexity index is 1220. The zero-order valence-corrected chi connectivity index (χ0v) is 20.0. The molecule has 4 rings (SSSR count). The fourth-order valence-electron chi connectivity index (χ4n) is 3.65. The molecule has 0 saturated carbocycles. The lowest BCUT2D eigenvalue weighted by Crippen LogP contribution is -2.27. The van der Waals surface area contributed by atoms with Crippen molar-refractivity contribution in [3.63, 3.8) is 0 Å². The number of benzene rings is 2. The van der Waals surface area contributed by atoms with Gasteiger partial charge in [-0.25, -0.2) is 0 Å². The average molecular weight is 458 g/mol. The summed E-state index contributed by atoms with van der Waals surface area (Å²) in [5, 5.41) is 9.31. The van der Waals surface area contributed by atoms with Crippen LogP contribution in [0.15, 0.2) is 84.3 Å². The summed E-state index contributed by atoms with van der Waals surface area (Å²) in [6.45, 7) is 4.34. The van der Waals surface area contributed by atoms with Crippen LogP contribution in [0.25, 0.3) is 17.1 Å². The number of carbonyl (C=O) groups is 1. The van der Waals surface area contributed by atoms with E-state index in [1.165, 1.54) is 17.3 Å². The minimum Gasteiger partial charge on any atom is -0.348 e. The molecule has 6 nitrogen and oxygen atoms in total. The number of likely N-dealkylation sites (N-methyl/N-ethyl adjacent to an activating group) is 1. The van der Waals surface area contributed by atoms with Crippen LogP contribution >= 0.6 is 11.8 Å². The van der Waals surface area contributed by atoms with Gasteiger partial charge in [0.05, 0.1) is 5.69 Å². The Kier molecular flexibility index (Phi) is 6.89. The van der Waals surface area contributed by atoms with Crippen LogP contribution in [0.5, 0.6) is 0 Å². The van der Waals surface area contributed by atoms with Crippen LogP contribution in [0.3, 0.4) is 0 Å². The highest BCUT2D eigenvalue weighted by molar-refractivity contribution is 8.00. The van der Waals surface area contributed by atoms with Crippen molar-refractivity contribution < 1.29 is 4.79 Å². The lowest BCUT2D eigenvalue weighted by Gasteiger charge is -2.21. The summed E-state index contributed by atoms with van der Waals surface area (Å²) >= 11 is 1.41. The van der Waals surface area contributed by atoms with Crippen LogP contribution in [0.4, 0.5) is 0 Å². The van der Waals surface area contributed by atoms with E-state index in [4.69, 9.17) is 0 Å². The second-order valence-corrected chi connectivity index (χ2v) is 9.31. The van der Waals surface area contributed by atoms with E-state index in [1.54, 1.807) is 31.4 Å². The largest absolute Gasteiger partial charge is 0.348 e. The molecule has 0 aliphatic carbocycles. The normalized spacial score (nSPS) is 12.0. The average Bonchev–Trinajstić information content (AvgIpc) is 3.26. The fourth-order valence-corrected chi connectivity index (χ4v) is 4.85. The molecule has 168 valence electrons. The maximum absolute atomic E-state index is 13.2. The van der Waals surface area contributed by atoms with E-state index in [9.17, 15) is 4.79 Å². The van der Waals surface area contributed by atoms with Crippen molar-refractivity contribution in [2.45, 2.75) is 30.2 Å². The van der Waals surface area contributed by atoms with Gasteiger partial charge in [0.1, 0.15) is 5.25 Å². The Morgan fingerprint density at radius 1 is 0.939 bits per heavy atom. The molecule has 0 fully saturated rings. The van der Waals surface area contributed by atoms with Gasteiger partial charge >= 0.3 is 0 Å². The van der Waals surface area contributed by atoms with Crippen LogP contribution in [-0.2, 0) is 4.79 Å². The molecule has 1 atom stereocenters. The molecule has 7 heteroatoms. The maximum atomic E-state index is 13.2. The summed E-state index contributed by atoms with van der Waals surface area (Å²) in [5.74, 6) is 1.00. The van der Waals surface area contributed by atoms with Gasteiger partial charge < -0.3 is 4.90 Å². The zero-order valence-electron chi connectivity index (χ0n) is 19.2. The first-order valence-corrected chi connectivity index (χ1v) is 11.7. The molecule has 0 unspecified atom stereocenters. The van der Waals surface area contributed by atoms with Gasteiger partial charge in [-0.1, -0.05) is 74.1 Å². The molecule has 0 spiro atoms. The summed E-state index contributed by atoms with van der Waals surface area (Å²) in [7, 11) is 3.55. The van der Waals surface area contributed by atoms with Crippen LogP contribution in [0.1, 0.15) is 36.1 Å². The highest BCUT2D eigenvalue weighted by atomic mass is 32.2. The first-order valence-electron chi connectivity index (χ1n) is 10.8. The second-order valence-electron chi connectivity index (χ2n) is 8.24. The number of hydrogen-bond acceptors (Lipinski definition) is 5. The minimum atomic E-state index is -0.447. The van der Waals surface area contributed by atoms with Crippen molar-refractivity contribution >= 4 is 17.7 Å². The summed E-state index contributed by atoms with van der Waals surface area (Å²) in [5.41, 5.74) is 3.98. The van der Waals surface area contributed by atoms with Gasteiger partial charge in [-0.2, -0.15) is 0 Å². The first kappa shape index (κ1) is 22.7. The van der Waals surface area contributed by atoms with Crippen molar-refractivity contribution in [3.05, 3.63) is 90.3 Å². The molecule has 0 bridgehead atoms. The molecule has 0 radical (unpaired) electrons. The topological polar surface area (TPSA) is 63.9 Å². The lowest BCUT2D eigenvalue weighted by atomic mass is 10.0. The quantitative estimate of drug-likeness (QED) is 0.349. The summed E-state index contributed by atoms with van der Waals surface area (Å²) in [6.07, 6.45) is 3.52. The molecule has 2 heterocycles. The molecule has 33 heavy (non-hydrogen) atoms. The van der Waals surface area contributed by atoms with Crippen LogP contribution in [0, 0.1) is 0 Å². The number of rotatable bonds is 7. The Morgan fingerprint density at radius 3 is 2.33 bits per heavy atom. The number of hydrogen-bond donors (Lipinski definition) is 0. The van der Waals surface area contributed by atoms with E-state index < -0.39 is 5.25 Å². The van der Waals surface area contributed by atoms with Gasteiger partial charge in [-0.3, -0.25) is 14.3 Å². The van der Waals surface area contributed by atoms with E-state index in [0.29, 0.717) is 16.9 Å². The van der Waals surface area contributed by atoms with E-state index in [1.807, 2.05) is 54.6 Å². The number of aromatic nitrogens is 4. The third kappa shape index (κ3) is 4.83. The maximum Gasteiger partial charge on any atom is 0.240 e. The van der Waals surface area contributed by atoms with Crippen LogP contribution < -0.4 is 0 Å². The molecule has 1 amide bonds. The Balaban J connectivity index is 1.89. The predicted molar refractivity (Wildman–Crippen MR) is 132 cm³/mol. The first-order chi connectivity index (χ1) is 16.0. The summed E-state index contributed by atoms with van der Waals surface area (Å²) in [6, 6.07) is 21.9. The van der Waals surface area contributed by atoms with Crippen molar-refractivity contribution in [1.82, 2.24) is 24.6 Å². The SMILES string of the molecule is CC(C)c1ccccc1-n1c(S[C@@H](C(=O)N(C)C)c2ccccc2)nnc1-c1cccnc1. The van der Waals surface area contributed by atoms with E-state index in [0.717, 1.165) is 16.8 Å². The number of pyridine rings is 1. The number of nitrogens with zero attached hydrogens (tertiary/aromatic N) is 5. The Labute approximate surface area is 198 Å². The monoisotopic (exact) mass is 457 g/mol. The van der Waals surface area contributed by atoms with Gasteiger partial charge in [0.25, 0.3) is 0 Å². The lowest BCUT2D eigenvalue weighted by molar-refractivity contribution is -0.128. The van der Waals surface area contributed by atoms with Crippen LogP contribution in [0.2, 0.25) is 0 Å². The third-order valence-corrected chi connectivity index (χ3v) is 6.53. The smallest absolute Gasteiger partial charge is 0.240 e. The molecule has 2 aromatic heterocycles. The van der Waals surface area contributed by atoms with Crippen molar-refractivity contribution in [2.24, 2.45) is 0 Å². The van der Waals surface area contributed by atoms with E-state index >= 15 is 0 Å². The van der Waals surface area contributed by atoms with Gasteiger partial charge in [-0.05, 0) is 35.2 Å². The summed E-state index contributed by atoms with van der Waals surface area (Å²) in [4.78, 5) is 19.1. The van der Waals surface area contributed by atoms with Crippen LogP contribution in [-0.4, -0.2) is 44.7 Å². The fraction of sp³-hybridized carbons (Fsp3) is 0.231. The predicted octanol–water partition coefficient (Wildman–Crippen LogP) is 5.37. The molecule has 0 aliphatic rings. The molecule has 4 aromatic rings. The third-order valence-electron chi connectivity index (χ3n) is 5.34. The highest BCUT2D eigenvalue weighted by Crippen LogP contribution is 2.39. The van der Waals surface area contributed by atoms with E-state index in [-0.39, 0.29) is 5.91 Å². The van der Waals surface area contributed by atoms with Gasteiger partial charge in [0, 0.05) is 32.1 Å². The molecule has 0 saturated heterocycles. The minimum absolute atomic E-state index is 0.000762. The Hall–Kier alpha value is -3.45. The van der Waals surface area contributed by atoms with Crippen molar-refractivity contribution in [1.29, 1.82) is 0 Å². The standard InChI is InChI=1S/C26H27N5OS/c1-18(2)21-14-8-9-15-22(21)31-24(20-13-10-16-27-17-20)28-29-26(31)33-23(25(32)30(3)4)19-11-6-5-7-12-19/h5-18,23H,1-4H3/t23-/m1/s1. The Morgan fingerprint density at radius 2 is 1.67 bits per heavy atom. The van der Waals surface area contributed by atoms with Gasteiger partial charge in [0.2, 0.25) is 5.91 Å². The highest BCUT2D eigenvalue weighted by Gasteiger charge is 2.28. The number of carbonyl (C=O) groups excluding carboxylic acids is 1. The van der Waals surface area contributed by atoms with Crippen molar-refractivity contribution in [2.75, 3.05) is 14.1 Å². The molecule has 2 aromatic carbocycles. The zero-order chi connectivity index (χ0) is 23.4. The second kappa shape index (κ2) is 10.0. The van der Waals surface area contributed by atoms with Gasteiger partial charge in [-0.15, -0.1) is 10.2 Å². The molecule has 0 aliphatic heterocycles. The number of thioether (sulfide) groups is 1. The van der Waals surface area contributed by atoms with Gasteiger partial charge in [0.15, 0.2) is 11.0 Å².